The molecule has 0 bridgehead atoms. The van der Waals surface area contributed by atoms with Crippen molar-refractivity contribution in [3.63, 3.8) is 0 Å². The zero-order chi connectivity index (χ0) is 22.7. The summed E-state index contributed by atoms with van der Waals surface area (Å²) >= 11 is 0. The van der Waals surface area contributed by atoms with E-state index in [2.05, 4.69) is 4.74 Å². The fraction of sp³-hybridized carbons (Fsp3) is 0.579. The molecule has 2 rings (SSSR count). The van der Waals surface area contributed by atoms with Crippen molar-refractivity contribution in [2.75, 3.05) is 13.8 Å². The summed E-state index contributed by atoms with van der Waals surface area (Å²) in [7, 11) is -1.79. The van der Waals surface area contributed by atoms with Crippen molar-refractivity contribution in [2.24, 2.45) is 5.92 Å². The summed E-state index contributed by atoms with van der Waals surface area (Å²) in [6.45, 7) is 5.00. The molecule has 1 saturated heterocycles. The molecule has 1 aliphatic heterocycles. The van der Waals surface area contributed by atoms with Crippen molar-refractivity contribution < 1.29 is 41.4 Å². The SMILES string of the molecule is COC(=O)C(C)[C@@H]1N(C(=O)OCc2ccccc2)CO[C@@]1(O[Si](C)(C)C)C(F)(F)F. The van der Waals surface area contributed by atoms with Crippen LogP contribution in [0.3, 0.4) is 0 Å². The molecule has 1 heterocycles. The Morgan fingerprint density at radius 1 is 1.27 bits per heavy atom. The van der Waals surface area contributed by atoms with Crippen LogP contribution in [-0.4, -0.2) is 57.1 Å². The monoisotopic (exact) mass is 449 g/mol. The van der Waals surface area contributed by atoms with Crippen molar-refractivity contribution >= 4 is 20.4 Å². The van der Waals surface area contributed by atoms with Gasteiger partial charge >= 0.3 is 18.2 Å². The van der Waals surface area contributed by atoms with Gasteiger partial charge in [0.25, 0.3) is 5.79 Å². The maximum absolute atomic E-state index is 14.3. The second-order valence-electron chi connectivity index (χ2n) is 7.92. The molecule has 3 atom stereocenters. The topological polar surface area (TPSA) is 74.3 Å². The van der Waals surface area contributed by atoms with Crippen molar-refractivity contribution in [3.05, 3.63) is 35.9 Å². The van der Waals surface area contributed by atoms with Crippen LogP contribution in [0.15, 0.2) is 30.3 Å². The first-order valence-corrected chi connectivity index (χ1v) is 12.7. The molecule has 0 radical (unpaired) electrons. The average molecular weight is 449 g/mol. The number of amides is 1. The van der Waals surface area contributed by atoms with E-state index < -0.39 is 51.0 Å². The van der Waals surface area contributed by atoms with Crippen molar-refractivity contribution in [1.82, 2.24) is 4.90 Å². The Hall–Kier alpha value is -2.11. The smallest absolute Gasteiger partial charge is 0.444 e. The van der Waals surface area contributed by atoms with Gasteiger partial charge in [0.2, 0.25) is 0 Å². The van der Waals surface area contributed by atoms with E-state index in [9.17, 15) is 22.8 Å². The summed E-state index contributed by atoms with van der Waals surface area (Å²) in [4.78, 5) is 25.6. The molecule has 0 spiro atoms. The quantitative estimate of drug-likeness (QED) is 0.484. The first-order valence-electron chi connectivity index (χ1n) is 9.28. The van der Waals surface area contributed by atoms with E-state index in [0.29, 0.717) is 5.56 Å². The Morgan fingerprint density at radius 3 is 2.37 bits per heavy atom. The summed E-state index contributed by atoms with van der Waals surface area (Å²) in [6.07, 6.45) is -6.07. The first kappa shape index (κ1) is 24.2. The predicted octanol–water partition coefficient (Wildman–Crippen LogP) is 3.90. The molecule has 0 aromatic heterocycles. The molecule has 30 heavy (non-hydrogen) atoms. The molecule has 1 fully saturated rings. The molecular weight excluding hydrogens is 423 g/mol. The van der Waals surface area contributed by atoms with Gasteiger partial charge in [-0.3, -0.25) is 9.69 Å². The number of hydrogen-bond acceptors (Lipinski definition) is 6. The van der Waals surface area contributed by atoms with Crippen LogP contribution in [-0.2, 0) is 30.0 Å². The third-order valence-electron chi connectivity index (χ3n) is 4.48. The number of nitrogens with zero attached hydrogens (tertiary/aromatic N) is 1. The molecular formula is C19H26F3NO6Si. The third-order valence-corrected chi connectivity index (χ3v) is 5.40. The largest absolute Gasteiger partial charge is 0.469 e. The minimum atomic E-state index is -5.02. The number of rotatable bonds is 6. The molecule has 1 aromatic rings. The highest BCUT2D eigenvalue weighted by Gasteiger charge is 2.71. The van der Waals surface area contributed by atoms with E-state index >= 15 is 0 Å². The van der Waals surface area contributed by atoms with E-state index in [1.807, 2.05) is 0 Å². The summed E-state index contributed by atoms with van der Waals surface area (Å²) < 4.78 is 63.1. The van der Waals surface area contributed by atoms with Gasteiger partial charge in [0.15, 0.2) is 8.32 Å². The highest BCUT2D eigenvalue weighted by Crippen LogP contribution is 2.47. The average Bonchev–Trinajstić information content (AvgIpc) is 3.04. The van der Waals surface area contributed by atoms with Gasteiger partial charge in [-0.15, -0.1) is 0 Å². The van der Waals surface area contributed by atoms with E-state index in [0.717, 1.165) is 12.0 Å². The van der Waals surface area contributed by atoms with Crippen LogP contribution in [0.4, 0.5) is 18.0 Å². The zero-order valence-corrected chi connectivity index (χ0v) is 18.5. The van der Waals surface area contributed by atoms with Gasteiger partial charge in [0.05, 0.1) is 13.0 Å². The number of hydrogen-bond donors (Lipinski definition) is 0. The summed E-state index contributed by atoms with van der Waals surface area (Å²) in [5.41, 5.74) is 0.656. The van der Waals surface area contributed by atoms with Crippen LogP contribution in [0.5, 0.6) is 0 Å². The summed E-state index contributed by atoms with van der Waals surface area (Å²) in [5, 5.41) is 0. The van der Waals surface area contributed by atoms with Crippen molar-refractivity contribution in [1.29, 1.82) is 0 Å². The normalized spacial score (nSPS) is 23.2. The number of carbonyl (C=O) groups is 2. The maximum Gasteiger partial charge on any atom is 0.444 e. The minimum Gasteiger partial charge on any atom is -0.469 e. The van der Waals surface area contributed by atoms with E-state index in [4.69, 9.17) is 13.9 Å². The second kappa shape index (κ2) is 8.94. The lowest BCUT2D eigenvalue weighted by molar-refractivity contribution is -0.347. The third kappa shape index (κ3) is 5.13. The molecule has 1 unspecified atom stereocenters. The van der Waals surface area contributed by atoms with Crippen molar-refractivity contribution in [3.8, 4) is 0 Å². The Morgan fingerprint density at radius 2 is 1.87 bits per heavy atom. The zero-order valence-electron chi connectivity index (χ0n) is 17.5. The Balaban J connectivity index is 2.39. The highest BCUT2D eigenvalue weighted by molar-refractivity contribution is 6.69. The van der Waals surface area contributed by atoms with E-state index in [-0.39, 0.29) is 6.61 Å². The Labute approximate surface area is 174 Å². The van der Waals surface area contributed by atoms with Gasteiger partial charge in [-0.25, -0.2) is 4.79 Å². The summed E-state index contributed by atoms with van der Waals surface area (Å²) in [6, 6.07) is 6.84. The number of halogens is 3. The second-order valence-corrected chi connectivity index (χ2v) is 12.3. The maximum atomic E-state index is 14.3. The van der Waals surface area contributed by atoms with Gasteiger partial charge < -0.3 is 18.6 Å². The molecule has 1 aliphatic rings. The molecule has 1 amide bonds. The lowest BCUT2D eigenvalue weighted by Crippen LogP contribution is -2.64. The Bertz CT molecular complexity index is 755. The number of benzene rings is 1. The summed E-state index contributed by atoms with van der Waals surface area (Å²) in [5.74, 6) is -5.49. The molecule has 168 valence electrons. The fourth-order valence-electron chi connectivity index (χ4n) is 3.27. The standard InChI is InChI=1S/C19H26F3NO6Si/c1-13(16(24)26-2)15-18(19(20,21)22,29-30(3,4)5)28-12-23(15)17(25)27-11-14-9-7-6-8-10-14/h6-10,13,15H,11-12H2,1-5H3/t13?,15-,18-/m0/s1. The van der Waals surface area contributed by atoms with Gasteiger partial charge in [-0.2, -0.15) is 13.2 Å². The van der Waals surface area contributed by atoms with E-state index in [1.54, 1.807) is 50.0 Å². The van der Waals surface area contributed by atoms with Gasteiger partial charge in [-0.05, 0) is 32.1 Å². The molecule has 0 saturated carbocycles. The number of methoxy groups -OCH3 is 1. The van der Waals surface area contributed by atoms with Crippen LogP contribution < -0.4 is 0 Å². The van der Waals surface area contributed by atoms with Crippen molar-refractivity contribution in [2.45, 2.75) is 51.2 Å². The molecule has 11 heteroatoms. The minimum absolute atomic E-state index is 0.149. The Kier molecular flexibility index (Phi) is 7.20. The van der Waals surface area contributed by atoms with Crippen LogP contribution in [0.2, 0.25) is 19.6 Å². The number of alkyl halides is 3. The molecule has 0 aliphatic carbocycles. The molecule has 7 nitrogen and oxygen atoms in total. The van der Waals surface area contributed by atoms with Crippen LogP contribution >= 0.6 is 0 Å². The number of carbonyl (C=O) groups excluding carboxylic acids is 2. The number of esters is 1. The van der Waals surface area contributed by atoms with Gasteiger partial charge in [0, 0.05) is 0 Å². The van der Waals surface area contributed by atoms with Gasteiger partial charge in [-0.1, -0.05) is 30.3 Å². The van der Waals surface area contributed by atoms with E-state index in [1.165, 1.54) is 6.92 Å². The molecule has 1 aromatic carbocycles. The number of ether oxygens (including phenoxy) is 3. The van der Waals surface area contributed by atoms with Crippen LogP contribution in [0.1, 0.15) is 12.5 Å². The molecule has 0 N–H and O–H groups in total. The van der Waals surface area contributed by atoms with Crippen LogP contribution in [0, 0.1) is 5.92 Å². The fourth-order valence-corrected chi connectivity index (χ4v) is 4.48. The van der Waals surface area contributed by atoms with Gasteiger partial charge in [0.1, 0.15) is 19.4 Å². The van der Waals surface area contributed by atoms with Crippen LogP contribution in [0.25, 0.3) is 0 Å². The highest BCUT2D eigenvalue weighted by atomic mass is 28.4. The first-order chi connectivity index (χ1) is 13.8. The lowest BCUT2D eigenvalue weighted by atomic mass is 9.93. The lowest BCUT2D eigenvalue weighted by Gasteiger charge is -2.42. The predicted molar refractivity (Wildman–Crippen MR) is 103 cm³/mol.